The van der Waals surface area contributed by atoms with Crippen molar-refractivity contribution in [3.05, 3.63) is 0 Å². The van der Waals surface area contributed by atoms with Crippen molar-refractivity contribution in [2.45, 2.75) is 52.0 Å². The number of aliphatic carboxylic acids is 1. The van der Waals surface area contributed by atoms with Crippen molar-refractivity contribution in [3.8, 4) is 0 Å². The summed E-state index contributed by atoms with van der Waals surface area (Å²) < 4.78 is 0. The minimum Gasteiger partial charge on any atom is -0.480 e. The van der Waals surface area contributed by atoms with Gasteiger partial charge >= 0.3 is 5.97 Å². The van der Waals surface area contributed by atoms with Gasteiger partial charge in [0.1, 0.15) is 6.04 Å². The zero-order valence-electron chi connectivity index (χ0n) is 11.2. The molecule has 1 amide bonds. The number of hydrogen-bond donors (Lipinski definition) is 2. The molecule has 2 aliphatic rings. The predicted molar refractivity (Wildman–Crippen MR) is 68.0 cm³/mol. The van der Waals surface area contributed by atoms with E-state index in [1.54, 1.807) is 0 Å². The topological polar surface area (TPSA) is 66.4 Å². The molecule has 0 radical (unpaired) electrons. The molecule has 0 aliphatic heterocycles. The van der Waals surface area contributed by atoms with Crippen LogP contribution in [0.2, 0.25) is 0 Å². The summed E-state index contributed by atoms with van der Waals surface area (Å²) in [5, 5.41) is 11.9. The smallest absolute Gasteiger partial charge is 0.326 e. The molecule has 0 aromatic carbocycles. The first-order chi connectivity index (χ1) is 8.52. The Labute approximate surface area is 108 Å². The van der Waals surface area contributed by atoms with Crippen LogP contribution in [0.3, 0.4) is 0 Å². The maximum atomic E-state index is 12.2. The van der Waals surface area contributed by atoms with E-state index in [9.17, 15) is 14.7 Å². The second kappa shape index (κ2) is 5.29. The zero-order chi connectivity index (χ0) is 13.3. The summed E-state index contributed by atoms with van der Waals surface area (Å²) in [6, 6.07) is -0.735. The predicted octanol–water partition coefficient (Wildman–Crippen LogP) is 2.04. The lowest BCUT2D eigenvalue weighted by molar-refractivity contribution is -0.144. The molecule has 0 heterocycles. The molecular weight excluding hydrogens is 230 g/mol. The molecule has 2 fully saturated rings. The third-order valence-corrected chi connectivity index (χ3v) is 4.85. The second-order valence-electron chi connectivity index (χ2n) is 5.99. The van der Waals surface area contributed by atoms with Gasteiger partial charge in [-0.1, -0.05) is 26.7 Å². The first kappa shape index (κ1) is 13.4. The lowest BCUT2D eigenvalue weighted by atomic mass is 9.87. The van der Waals surface area contributed by atoms with Gasteiger partial charge < -0.3 is 10.4 Å². The van der Waals surface area contributed by atoms with Crippen molar-refractivity contribution in [3.63, 3.8) is 0 Å². The molecule has 0 saturated heterocycles. The Balaban J connectivity index is 1.95. The molecule has 4 heteroatoms. The molecule has 18 heavy (non-hydrogen) atoms. The molecule has 2 bridgehead atoms. The van der Waals surface area contributed by atoms with Crippen LogP contribution in [0.5, 0.6) is 0 Å². The van der Waals surface area contributed by atoms with Gasteiger partial charge in [0.2, 0.25) is 5.91 Å². The van der Waals surface area contributed by atoms with Crippen LogP contribution in [-0.2, 0) is 9.59 Å². The Bertz CT molecular complexity index is 342. The SMILES string of the molecule is CCC(C)C(NC(=O)C1CC2CCC1C2)C(=O)O. The summed E-state index contributed by atoms with van der Waals surface area (Å²) in [6.45, 7) is 3.82. The fraction of sp³-hybridized carbons (Fsp3) is 0.857. The third-order valence-electron chi connectivity index (χ3n) is 4.85. The van der Waals surface area contributed by atoms with Crippen LogP contribution in [0.25, 0.3) is 0 Å². The number of carbonyl (C=O) groups is 2. The van der Waals surface area contributed by atoms with Gasteiger partial charge in [0.05, 0.1) is 0 Å². The van der Waals surface area contributed by atoms with E-state index in [1.165, 1.54) is 12.8 Å². The molecule has 5 atom stereocenters. The van der Waals surface area contributed by atoms with Crippen LogP contribution >= 0.6 is 0 Å². The average Bonchev–Trinajstić information content (AvgIpc) is 2.96. The average molecular weight is 253 g/mol. The Hall–Kier alpha value is -1.06. The number of fused-ring (bicyclic) bond motifs is 2. The van der Waals surface area contributed by atoms with E-state index in [0.717, 1.165) is 19.3 Å². The molecule has 4 nitrogen and oxygen atoms in total. The van der Waals surface area contributed by atoms with Gasteiger partial charge in [0, 0.05) is 5.92 Å². The minimum absolute atomic E-state index is 0.0231. The first-order valence-corrected chi connectivity index (χ1v) is 7.06. The largest absolute Gasteiger partial charge is 0.480 e. The molecule has 0 aromatic heterocycles. The molecule has 2 rings (SSSR count). The van der Waals surface area contributed by atoms with Gasteiger partial charge in [0.15, 0.2) is 0 Å². The molecule has 2 saturated carbocycles. The van der Waals surface area contributed by atoms with E-state index in [4.69, 9.17) is 0 Å². The quantitative estimate of drug-likeness (QED) is 0.788. The summed E-state index contributed by atoms with van der Waals surface area (Å²) in [6.07, 6.45) is 5.28. The molecule has 2 N–H and O–H groups in total. The van der Waals surface area contributed by atoms with Crippen LogP contribution in [-0.4, -0.2) is 23.0 Å². The third kappa shape index (κ3) is 2.52. The highest BCUT2D eigenvalue weighted by molar-refractivity contribution is 5.85. The van der Waals surface area contributed by atoms with Crippen LogP contribution in [0.15, 0.2) is 0 Å². The highest BCUT2D eigenvalue weighted by atomic mass is 16.4. The minimum atomic E-state index is -0.916. The van der Waals surface area contributed by atoms with Crippen molar-refractivity contribution < 1.29 is 14.7 Å². The maximum Gasteiger partial charge on any atom is 0.326 e. The monoisotopic (exact) mass is 253 g/mol. The molecular formula is C14H23NO3. The fourth-order valence-electron chi connectivity index (χ4n) is 3.51. The Morgan fingerprint density at radius 1 is 1.33 bits per heavy atom. The van der Waals surface area contributed by atoms with E-state index in [-0.39, 0.29) is 17.7 Å². The first-order valence-electron chi connectivity index (χ1n) is 7.06. The summed E-state index contributed by atoms with van der Waals surface area (Å²) in [5.74, 6) is 0.300. The maximum absolute atomic E-state index is 12.2. The van der Waals surface area contributed by atoms with Crippen molar-refractivity contribution >= 4 is 11.9 Å². The lowest BCUT2D eigenvalue weighted by Crippen LogP contribution is -2.48. The molecule has 102 valence electrons. The Kier molecular flexibility index (Phi) is 3.93. The number of carboxylic acid groups (broad SMARTS) is 1. The number of amides is 1. The Morgan fingerprint density at radius 3 is 2.50 bits per heavy atom. The van der Waals surface area contributed by atoms with Crippen LogP contribution in [0.4, 0.5) is 0 Å². The summed E-state index contributed by atoms with van der Waals surface area (Å²) in [4.78, 5) is 23.4. The number of hydrogen-bond acceptors (Lipinski definition) is 2. The van der Waals surface area contributed by atoms with Gasteiger partial charge in [-0.2, -0.15) is 0 Å². The number of nitrogens with one attached hydrogen (secondary N) is 1. The van der Waals surface area contributed by atoms with Crippen molar-refractivity contribution in [1.29, 1.82) is 0 Å². The number of rotatable bonds is 5. The lowest BCUT2D eigenvalue weighted by Gasteiger charge is -2.25. The molecule has 0 spiro atoms. The van der Waals surface area contributed by atoms with Crippen molar-refractivity contribution in [2.24, 2.45) is 23.7 Å². The van der Waals surface area contributed by atoms with Crippen LogP contribution in [0.1, 0.15) is 46.0 Å². The second-order valence-corrected chi connectivity index (χ2v) is 5.99. The standard InChI is InChI=1S/C14H23NO3/c1-3-8(2)12(14(17)18)15-13(16)11-7-9-4-5-10(11)6-9/h8-12H,3-7H2,1-2H3,(H,15,16)(H,17,18). The van der Waals surface area contributed by atoms with Crippen LogP contribution in [0, 0.1) is 23.7 Å². The van der Waals surface area contributed by atoms with E-state index in [2.05, 4.69) is 5.32 Å². The Morgan fingerprint density at radius 2 is 2.06 bits per heavy atom. The van der Waals surface area contributed by atoms with E-state index in [1.807, 2.05) is 13.8 Å². The molecule has 5 unspecified atom stereocenters. The van der Waals surface area contributed by atoms with Gasteiger partial charge in [-0.05, 0) is 37.0 Å². The van der Waals surface area contributed by atoms with Gasteiger partial charge in [-0.3, -0.25) is 4.79 Å². The molecule has 2 aliphatic carbocycles. The molecule has 0 aromatic rings. The van der Waals surface area contributed by atoms with Crippen molar-refractivity contribution in [1.82, 2.24) is 5.32 Å². The van der Waals surface area contributed by atoms with Gasteiger partial charge in [0.25, 0.3) is 0 Å². The summed E-state index contributed by atoms with van der Waals surface area (Å²) in [7, 11) is 0. The fourth-order valence-corrected chi connectivity index (χ4v) is 3.51. The van der Waals surface area contributed by atoms with Crippen LogP contribution < -0.4 is 5.32 Å². The van der Waals surface area contributed by atoms with E-state index >= 15 is 0 Å². The van der Waals surface area contributed by atoms with E-state index < -0.39 is 12.0 Å². The van der Waals surface area contributed by atoms with Crippen molar-refractivity contribution in [2.75, 3.05) is 0 Å². The highest BCUT2D eigenvalue weighted by Gasteiger charge is 2.43. The normalized spacial score (nSPS) is 33.1. The number of carboxylic acids is 1. The van der Waals surface area contributed by atoms with E-state index in [0.29, 0.717) is 11.8 Å². The van der Waals surface area contributed by atoms with Gasteiger partial charge in [-0.15, -0.1) is 0 Å². The zero-order valence-corrected chi connectivity index (χ0v) is 11.2. The van der Waals surface area contributed by atoms with Gasteiger partial charge in [-0.25, -0.2) is 4.79 Å². The number of carbonyl (C=O) groups excluding carboxylic acids is 1. The summed E-state index contributed by atoms with van der Waals surface area (Å²) >= 11 is 0. The summed E-state index contributed by atoms with van der Waals surface area (Å²) in [5.41, 5.74) is 0. The highest BCUT2D eigenvalue weighted by Crippen LogP contribution is 2.48.